The number of thiophene rings is 1. The number of carbonyl (C=O) groups is 2. The van der Waals surface area contributed by atoms with Gasteiger partial charge in [-0.05, 0) is 43.2 Å². The lowest BCUT2D eigenvalue weighted by Crippen LogP contribution is -2.25. The lowest BCUT2D eigenvalue weighted by molar-refractivity contribution is 0.0601. The molecule has 0 spiro atoms. The van der Waals surface area contributed by atoms with Crippen molar-refractivity contribution in [1.82, 2.24) is 9.80 Å². The zero-order valence-corrected chi connectivity index (χ0v) is 17.6. The Morgan fingerprint density at radius 3 is 2.32 bits per heavy atom. The second-order valence-corrected chi connectivity index (χ2v) is 7.47. The highest BCUT2D eigenvalue weighted by Crippen LogP contribution is 2.28. The Labute approximate surface area is 169 Å². The monoisotopic (exact) mass is 406 g/mol. The topological polar surface area (TPSA) is 68.3 Å². The van der Waals surface area contributed by atoms with Gasteiger partial charge in [0.25, 0.3) is 0 Å². The number of hydrogen-bond donors (Lipinski definition) is 0. The summed E-state index contributed by atoms with van der Waals surface area (Å²) in [6.07, 6.45) is 0.308. The summed E-state index contributed by atoms with van der Waals surface area (Å²) in [4.78, 5) is 27.3. The van der Waals surface area contributed by atoms with Crippen molar-refractivity contribution in [1.29, 1.82) is 0 Å². The largest absolute Gasteiger partial charge is 0.492 e. The van der Waals surface area contributed by atoms with Gasteiger partial charge >= 0.3 is 12.1 Å². The molecule has 0 aliphatic heterocycles. The van der Waals surface area contributed by atoms with Crippen molar-refractivity contribution in [2.75, 3.05) is 41.9 Å². The molecule has 2 aromatic rings. The molecule has 8 heteroatoms. The van der Waals surface area contributed by atoms with Gasteiger partial charge in [0.1, 0.15) is 11.5 Å². The van der Waals surface area contributed by atoms with Gasteiger partial charge in [-0.2, -0.15) is 0 Å². The molecule has 0 N–H and O–H groups in total. The van der Waals surface area contributed by atoms with Gasteiger partial charge in [0, 0.05) is 26.6 Å². The average molecular weight is 407 g/mol. The van der Waals surface area contributed by atoms with Crippen LogP contribution in [0.25, 0.3) is 0 Å². The Morgan fingerprint density at radius 1 is 1.07 bits per heavy atom. The van der Waals surface area contributed by atoms with Crippen molar-refractivity contribution in [3.8, 4) is 11.5 Å². The van der Waals surface area contributed by atoms with Gasteiger partial charge in [-0.3, -0.25) is 0 Å². The van der Waals surface area contributed by atoms with Gasteiger partial charge in [-0.25, -0.2) is 9.59 Å². The standard InChI is InChI=1S/C20H26N2O5S/c1-21(2)16(10-12-26-17-11-13-28-18(17)19(23)25-5)14-6-8-15(9-7-14)27-20(24)22(3)4/h6-9,11,13,16H,10,12H2,1-5H3. The maximum atomic E-state index is 11.7. The molecule has 1 atom stereocenters. The van der Waals surface area contributed by atoms with Crippen molar-refractivity contribution in [2.45, 2.75) is 12.5 Å². The number of rotatable bonds is 8. The normalized spacial score (nSPS) is 11.8. The summed E-state index contributed by atoms with van der Waals surface area (Å²) in [6.45, 7) is 0.445. The third-order valence-corrected chi connectivity index (χ3v) is 4.98. The molecule has 0 fully saturated rings. The van der Waals surface area contributed by atoms with E-state index in [0.717, 1.165) is 12.0 Å². The van der Waals surface area contributed by atoms with E-state index in [1.165, 1.54) is 23.3 Å². The van der Waals surface area contributed by atoms with Crippen LogP contribution in [0.3, 0.4) is 0 Å². The van der Waals surface area contributed by atoms with Crippen LogP contribution >= 0.6 is 11.3 Å². The molecule has 1 heterocycles. The highest BCUT2D eigenvalue weighted by molar-refractivity contribution is 7.12. The van der Waals surface area contributed by atoms with Gasteiger partial charge in [0.2, 0.25) is 0 Å². The van der Waals surface area contributed by atoms with E-state index in [1.807, 2.05) is 26.2 Å². The van der Waals surface area contributed by atoms with E-state index in [-0.39, 0.29) is 6.04 Å². The summed E-state index contributed by atoms with van der Waals surface area (Å²) >= 11 is 1.30. The van der Waals surface area contributed by atoms with E-state index in [2.05, 4.69) is 4.90 Å². The van der Waals surface area contributed by atoms with Crippen molar-refractivity contribution >= 4 is 23.4 Å². The third kappa shape index (κ3) is 5.71. The fraction of sp³-hybridized carbons (Fsp3) is 0.400. The minimum absolute atomic E-state index is 0.110. The Bertz CT molecular complexity index is 786. The van der Waals surface area contributed by atoms with E-state index in [1.54, 1.807) is 37.7 Å². The van der Waals surface area contributed by atoms with Crippen molar-refractivity contribution < 1.29 is 23.8 Å². The summed E-state index contributed by atoms with van der Waals surface area (Å²) in [5.74, 6) is 0.648. The molecule has 7 nitrogen and oxygen atoms in total. The third-order valence-electron chi connectivity index (χ3n) is 4.11. The molecule has 2 rings (SSSR count). The number of hydrogen-bond acceptors (Lipinski definition) is 7. The zero-order valence-electron chi connectivity index (χ0n) is 16.8. The van der Waals surface area contributed by atoms with Gasteiger partial charge in [-0.15, -0.1) is 11.3 Å². The van der Waals surface area contributed by atoms with Crippen LogP contribution in [0.15, 0.2) is 35.7 Å². The lowest BCUT2D eigenvalue weighted by Gasteiger charge is -2.25. The Balaban J connectivity index is 1.99. The Morgan fingerprint density at radius 2 is 1.75 bits per heavy atom. The number of esters is 1. The van der Waals surface area contributed by atoms with E-state index in [9.17, 15) is 9.59 Å². The predicted molar refractivity (Wildman–Crippen MR) is 108 cm³/mol. The SMILES string of the molecule is COC(=O)c1sccc1OCCC(c1ccc(OC(=O)N(C)C)cc1)N(C)C. The first-order valence-electron chi connectivity index (χ1n) is 8.77. The van der Waals surface area contributed by atoms with E-state index >= 15 is 0 Å². The molecular formula is C20H26N2O5S. The molecule has 0 aliphatic rings. The molecule has 0 bridgehead atoms. The van der Waals surface area contributed by atoms with E-state index in [0.29, 0.717) is 23.0 Å². The van der Waals surface area contributed by atoms with Crippen molar-refractivity contribution in [3.63, 3.8) is 0 Å². The number of benzene rings is 1. The first-order chi connectivity index (χ1) is 13.3. The molecule has 0 radical (unpaired) electrons. The van der Waals surface area contributed by atoms with Crippen LogP contribution in [0.2, 0.25) is 0 Å². The average Bonchev–Trinajstić information content (AvgIpc) is 3.13. The summed E-state index contributed by atoms with van der Waals surface area (Å²) in [6, 6.07) is 9.32. The maximum absolute atomic E-state index is 11.7. The molecule has 0 saturated heterocycles. The van der Waals surface area contributed by atoms with Crippen LogP contribution in [-0.2, 0) is 4.74 Å². The fourth-order valence-corrected chi connectivity index (χ4v) is 3.36. The van der Waals surface area contributed by atoms with E-state index in [4.69, 9.17) is 14.2 Å². The summed E-state index contributed by atoms with van der Waals surface area (Å²) in [7, 11) is 8.62. The second-order valence-electron chi connectivity index (χ2n) is 6.55. The first-order valence-corrected chi connectivity index (χ1v) is 9.65. The highest BCUT2D eigenvalue weighted by atomic mass is 32.1. The van der Waals surface area contributed by atoms with Gasteiger partial charge in [-0.1, -0.05) is 12.1 Å². The second kappa shape index (κ2) is 10.1. The first kappa shape index (κ1) is 21.7. The van der Waals surface area contributed by atoms with Crippen LogP contribution in [0.4, 0.5) is 4.79 Å². The van der Waals surface area contributed by atoms with Gasteiger partial charge < -0.3 is 24.0 Å². The number of ether oxygens (including phenoxy) is 3. The Kier molecular flexibility index (Phi) is 7.83. The quantitative estimate of drug-likeness (QED) is 0.623. The van der Waals surface area contributed by atoms with Crippen LogP contribution < -0.4 is 9.47 Å². The van der Waals surface area contributed by atoms with Crippen LogP contribution in [-0.4, -0.2) is 63.8 Å². The Hall–Kier alpha value is -2.58. The molecular weight excluding hydrogens is 380 g/mol. The number of amides is 1. The summed E-state index contributed by atoms with van der Waals surface area (Å²) < 4.78 is 15.8. The predicted octanol–water partition coefficient (Wildman–Crippen LogP) is 3.67. The smallest absolute Gasteiger partial charge is 0.414 e. The minimum atomic E-state index is -0.414. The minimum Gasteiger partial charge on any atom is -0.492 e. The summed E-state index contributed by atoms with van der Waals surface area (Å²) in [5, 5.41) is 1.80. The molecule has 28 heavy (non-hydrogen) atoms. The molecule has 1 unspecified atom stereocenters. The number of carbonyl (C=O) groups excluding carboxylic acids is 2. The van der Waals surface area contributed by atoms with E-state index < -0.39 is 12.1 Å². The zero-order chi connectivity index (χ0) is 20.7. The molecule has 1 aromatic carbocycles. The maximum Gasteiger partial charge on any atom is 0.414 e. The van der Waals surface area contributed by atoms with Crippen molar-refractivity contribution in [2.24, 2.45) is 0 Å². The molecule has 1 amide bonds. The van der Waals surface area contributed by atoms with Crippen LogP contribution in [0.5, 0.6) is 11.5 Å². The fourth-order valence-electron chi connectivity index (χ4n) is 2.61. The van der Waals surface area contributed by atoms with Gasteiger partial charge in [0.05, 0.1) is 13.7 Å². The van der Waals surface area contributed by atoms with Gasteiger partial charge in [0.15, 0.2) is 4.88 Å². The molecule has 1 aromatic heterocycles. The summed E-state index contributed by atoms with van der Waals surface area (Å²) in [5.41, 5.74) is 1.08. The van der Waals surface area contributed by atoms with Crippen molar-refractivity contribution in [3.05, 3.63) is 46.2 Å². The van der Waals surface area contributed by atoms with Crippen LogP contribution in [0.1, 0.15) is 27.7 Å². The molecule has 152 valence electrons. The number of nitrogens with zero attached hydrogens (tertiary/aromatic N) is 2. The number of methoxy groups -OCH3 is 1. The lowest BCUT2D eigenvalue weighted by atomic mass is 10.0. The molecule has 0 aliphatic carbocycles. The highest BCUT2D eigenvalue weighted by Gasteiger charge is 2.18. The van der Waals surface area contributed by atoms with Crippen LogP contribution in [0, 0.1) is 0 Å². The molecule has 0 saturated carbocycles.